The maximum Gasteiger partial charge on any atom is 0.270 e. The topological polar surface area (TPSA) is 114 Å². The zero-order valence-electron chi connectivity index (χ0n) is 13.5. The fourth-order valence-corrected chi connectivity index (χ4v) is 2.80. The van der Waals surface area contributed by atoms with Gasteiger partial charge in [-0.05, 0) is 18.9 Å². The van der Waals surface area contributed by atoms with E-state index < -0.39 is 10.8 Å². The van der Waals surface area contributed by atoms with Crippen LogP contribution in [0.4, 0.5) is 5.69 Å². The van der Waals surface area contributed by atoms with Crippen LogP contribution in [-0.2, 0) is 9.59 Å². The van der Waals surface area contributed by atoms with Gasteiger partial charge in [0.2, 0.25) is 5.91 Å². The van der Waals surface area contributed by atoms with Gasteiger partial charge in [0.1, 0.15) is 0 Å². The van der Waals surface area contributed by atoms with Gasteiger partial charge in [0.25, 0.3) is 11.6 Å². The Morgan fingerprint density at radius 2 is 2.04 bits per heavy atom. The first-order valence-corrected chi connectivity index (χ1v) is 8.38. The minimum atomic E-state index is -0.549. The van der Waals surface area contributed by atoms with Crippen molar-refractivity contribution in [1.82, 2.24) is 10.7 Å². The maximum atomic E-state index is 11.9. The molecule has 1 aromatic rings. The van der Waals surface area contributed by atoms with Crippen molar-refractivity contribution in [3.8, 4) is 0 Å². The Labute approximate surface area is 149 Å². The predicted molar refractivity (Wildman–Crippen MR) is 93.4 cm³/mol. The molecule has 2 rings (SSSR count). The largest absolute Gasteiger partial charge is 0.347 e. The van der Waals surface area contributed by atoms with Crippen LogP contribution in [0.3, 0.4) is 0 Å². The molecule has 1 aliphatic carbocycles. The summed E-state index contributed by atoms with van der Waals surface area (Å²) in [4.78, 5) is 33.8. The van der Waals surface area contributed by atoms with Gasteiger partial charge in [0.15, 0.2) is 0 Å². The Hall–Kier alpha value is -2.48. The van der Waals surface area contributed by atoms with Crippen molar-refractivity contribution in [2.75, 3.05) is 6.54 Å². The number of hydrazone groups is 1. The highest BCUT2D eigenvalue weighted by molar-refractivity contribution is 6.33. The van der Waals surface area contributed by atoms with Gasteiger partial charge in [0.05, 0.1) is 17.7 Å². The lowest BCUT2D eigenvalue weighted by Crippen LogP contribution is -2.38. The molecule has 9 heteroatoms. The number of non-ortho nitro benzene ring substituents is 1. The van der Waals surface area contributed by atoms with E-state index in [1.807, 2.05) is 0 Å². The monoisotopic (exact) mass is 366 g/mol. The molecule has 0 saturated heterocycles. The first kappa shape index (κ1) is 18.9. The van der Waals surface area contributed by atoms with E-state index in [9.17, 15) is 19.7 Å². The van der Waals surface area contributed by atoms with Crippen LogP contribution in [-0.4, -0.2) is 29.5 Å². The molecule has 0 aliphatic heterocycles. The Balaban J connectivity index is 1.81. The third-order valence-corrected chi connectivity index (χ3v) is 4.33. The second-order valence-electron chi connectivity index (χ2n) is 5.81. The lowest BCUT2D eigenvalue weighted by Gasteiger charge is -2.20. The molecule has 1 fully saturated rings. The highest BCUT2D eigenvalue weighted by atomic mass is 35.5. The summed E-state index contributed by atoms with van der Waals surface area (Å²) in [6.07, 6.45) is 6.17. The number of carbonyl (C=O) groups is 2. The fourth-order valence-electron chi connectivity index (χ4n) is 2.63. The number of nitro benzene ring substituents is 1. The van der Waals surface area contributed by atoms with Crippen LogP contribution < -0.4 is 10.7 Å². The number of rotatable bonds is 6. The Morgan fingerprint density at radius 3 is 2.72 bits per heavy atom. The van der Waals surface area contributed by atoms with Crippen LogP contribution in [0.1, 0.15) is 37.7 Å². The summed E-state index contributed by atoms with van der Waals surface area (Å²) in [5.74, 6) is -0.615. The summed E-state index contributed by atoms with van der Waals surface area (Å²) in [6, 6.07) is 3.91. The number of nitrogens with zero attached hydrogens (tertiary/aromatic N) is 2. The van der Waals surface area contributed by atoms with Crippen molar-refractivity contribution in [1.29, 1.82) is 0 Å². The van der Waals surface area contributed by atoms with Gasteiger partial charge in [0, 0.05) is 28.6 Å². The number of carbonyl (C=O) groups excluding carboxylic acids is 2. The van der Waals surface area contributed by atoms with Crippen molar-refractivity contribution in [3.05, 3.63) is 38.9 Å². The van der Waals surface area contributed by atoms with Gasteiger partial charge >= 0.3 is 0 Å². The van der Waals surface area contributed by atoms with Crippen LogP contribution >= 0.6 is 11.6 Å². The standard InChI is InChI=1S/C16H19ClN4O4/c17-14-7-6-13(21(24)25)8-12(14)9-19-20-15(22)10-18-16(23)11-4-2-1-3-5-11/h6-9,11H,1-5,10H2,(H,18,23)(H,20,22)/b19-9+. The zero-order chi connectivity index (χ0) is 18.2. The van der Waals surface area contributed by atoms with Gasteiger partial charge in [-0.1, -0.05) is 30.9 Å². The number of nitrogens with one attached hydrogen (secondary N) is 2. The van der Waals surface area contributed by atoms with Gasteiger partial charge in [-0.2, -0.15) is 5.10 Å². The Bertz CT molecular complexity index is 687. The molecule has 0 heterocycles. The molecule has 0 aromatic heterocycles. The first-order chi connectivity index (χ1) is 12.0. The minimum Gasteiger partial charge on any atom is -0.347 e. The molecule has 8 nitrogen and oxygen atoms in total. The minimum absolute atomic E-state index is 0.0197. The quantitative estimate of drug-likeness (QED) is 0.457. The number of hydrogen-bond donors (Lipinski definition) is 2. The van der Waals surface area contributed by atoms with E-state index in [0.717, 1.165) is 32.1 Å². The molecule has 1 aromatic carbocycles. The average molecular weight is 367 g/mol. The number of benzene rings is 1. The van der Waals surface area contributed by atoms with Crippen molar-refractivity contribution >= 4 is 35.3 Å². The molecule has 0 spiro atoms. The van der Waals surface area contributed by atoms with Gasteiger partial charge in [-0.25, -0.2) is 5.43 Å². The third kappa shape index (κ3) is 5.82. The van der Waals surface area contributed by atoms with Gasteiger partial charge in [-0.3, -0.25) is 19.7 Å². The number of hydrogen-bond acceptors (Lipinski definition) is 5. The van der Waals surface area contributed by atoms with Gasteiger partial charge in [-0.15, -0.1) is 0 Å². The van der Waals surface area contributed by atoms with E-state index in [4.69, 9.17) is 11.6 Å². The molecule has 0 radical (unpaired) electrons. The van der Waals surface area contributed by atoms with Crippen LogP contribution in [0.25, 0.3) is 0 Å². The summed E-state index contributed by atoms with van der Waals surface area (Å²) in [5.41, 5.74) is 2.43. The second kappa shape index (κ2) is 9.12. The van der Waals surface area contributed by atoms with Crippen molar-refractivity contribution in [3.63, 3.8) is 0 Å². The molecule has 134 valence electrons. The fraction of sp³-hybridized carbons (Fsp3) is 0.438. The van der Waals surface area contributed by atoms with Crippen LogP contribution in [0, 0.1) is 16.0 Å². The molecule has 1 saturated carbocycles. The summed E-state index contributed by atoms with van der Waals surface area (Å²) in [6.45, 7) is -0.171. The first-order valence-electron chi connectivity index (χ1n) is 8.01. The summed E-state index contributed by atoms with van der Waals surface area (Å²) in [5, 5.41) is 17.3. The van der Waals surface area contributed by atoms with E-state index in [0.29, 0.717) is 5.56 Å². The average Bonchev–Trinajstić information content (AvgIpc) is 2.61. The highest BCUT2D eigenvalue weighted by Crippen LogP contribution is 2.23. The number of nitro groups is 1. The molecule has 0 bridgehead atoms. The molecule has 1 aliphatic rings. The van der Waals surface area contributed by atoms with Gasteiger partial charge < -0.3 is 5.32 Å². The van der Waals surface area contributed by atoms with Crippen molar-refractivity contribution in [2.24, 2.45) is 11.0 Å². The van der Waals surface area contributed by atoms with Crippen molar-refractivity contribution in [2.45, 2.75) is 32.1 Å². The molecule has 2 amide bonds. The summed E-state index contributed by atoms with van der Waals surface area (Å²) in [7, 11) is 0. The Morgan fingerprint density at radius 1 is 1.32 bits per heavy atom. The highest BCUT2D eigenvalue weighted by Gasteiger charge is 2.21. The maximum absolute atomic E-state index is 11.9. The normalized spacial score (nSPS) is 15.1. The van der Waals surface area contributed by atoms with E-state index in [1.165, 1.54) is 24.4 Å². The zero-order valence-corrected chi connectivity index (χ0v) is 14.3. The van der Waals surface area contributed by atoms with Crippen LogP contribution in [0.5, 0.6) is 0 Å². The Kier molecular flexibility index (Phi) is 6.88. The lowest BCUT2D eigenvalue weighted by molar-refractivity contribution is -0.384. The summed E-state index contributed by atoms with van der Waals surface area (Å²) < 4.78 is 0. The molecular formula is C16H19ClN4O4. The number of amides is 2. The molecular weight excluding hydrogens is 348 g/mol. The molecule has 0 unspecified atom stereocenters. The predicted octanol–water partition coefficient (Wildman–Crippen LogP) is 2.39. The third-order valence-electron chi connectivity index (χ3n) is 3.98. The van der Waals surface area contributed by atoms with E-state index >= 15 is 0 Å². The second-order valence-corrected chi connectivity index (χ2v) is 6.22. The van der Waals surface area contributed by atoms with Crippen LogP contribution in [0.2, 0.25) is 5.02 Å². The molecule has 25 heavy (non-hydrogen) atoms. The van der Waals surface area contributed by atoms with E-state index in [2.05, 4.69) is 15.8 Å². The van der Waals surface area contributed by atoms with E-state index in [1.54, 1.807) is 0 Å². The van der Waals surface area contributed by atoms with Crippen molar-refractivity contribution < 1.29 is 14.5 Å². The van der Waals surface area contributed by atoms with Crippen LogP contribution in [0.15, 0.2) is 23.3 Å². The lowest BCUT2D eigenvalue weighted by atomic mass is 9.89. The molecule has 2 N–H and O–H groups in total. The molecule has 0 atom stereocenters. The SMILES string of the molecule is O=C(CNC(=O)C1CCCCC1)N/N=C/c1cc([N+](=O)[O-])ccc1Cl. The summed E-state index contributed by atoms with van der Waals surface area (Å²) >= 11 is 5.92. The smallest absolute Gasteiger partial charge is 0.270 e. The van der Waals surface area contributed by atoms with E-state index in [-0.39, 0.29) is 29.1 Å². The number of halogens is 1.